The van der Waals surface area contributed by atoms with Crippen LogP contribution in [0.3, 0.4) is 0 Å². The first-order chi connectivity index (χ1) is 12.8. The van der Waals surface area contributed by atoms with Gasteiger partial charge in [-0.3, -0.25) is 9.59 Å². The number of anilines is 1. The molecule has 3 aromatic carbocycles. The van der Waals surface area contributed by atoms with E-state index in [0.717, 1.165) is 28.3 Å². The maximum Gasteiger partial charge on any atom is 0.222 e. The van der Waals surface area contributed by atoms with Crippen LogP contribution in [0.15, 0.2) is 78.9 Å². The molecule has 0 aromatic heterocycles. The molecule has 4 nitrogen and oxygen atoms in total. The molecule has 0 fully saturated rings. The second-order valence-corrected chi connectivity index (χ2v) is 6.16. The molecular formula is C22H17NO3. The molecule has 0 spiro atoms. The van der Waals surface area contributed by atoms with Crippen molar-refractivity contribution in [3.8, 4) is 11.5 Å². The lowest BCUT2D eigenvalue weighted by atomic mass is 10.0. The summed E-state index contributed by atoms with van der Waals surface area (Å²) in [6.07, 6.45) is 0.409. The summed E-state index contributed by atoms with van der Waals surface area (Å²) in [7, 11) is 0. The van der Waals surface area contributed by atoms with Gasteiger partial charge in [0.2, 0.25) is 5.78 Å². The lowest BCUT2D eigenvalue weighted by Gasteiger charge is -2.25. The molecule has 0 amide bonds. The summed E-state index contributed by atoms with van der Waals surface area (Å²) in [5.41, 5.74) is 2.84. The topological polar surface area (TPSA) is 46.6 Å². The smallest absolute Gasteiger partial charge is 0.222 e. The Labute approximate surface area is 151 Å². The molecule has 1 aliphatic heterocycles. The molecule has 26 heavy (non-hydrogen) atoms. The van der Waals surface area contributed by atoms with Gasteiger partial charge in [0, 0.05) is 12.2 Å². The summed E-state index contributed by atoms with van der Waals surface area (Å²) in [4.78, 5) is 25.3. The third-order valence-electron chi connectivity index (χ3n) is 4.53. The summed E-state index contributed by atoms with van der Waals surface area (Å²) in [5.74, 6) is 1.05. The summed E-state index contributed by atoms with van der Waals surface area (Å²) >= 11 is 0. The largest absolute Gasteiger partial charge is 0.457 e. The minimum Gasteiger partial charge on any atom is -0.457 e. The van der Waals surface area contributed by atoms with Crippen molar-refractivity contribution < 1.29 is 14.3 Å². The number of fused-ring (bicyclic) bond motifs is 1. The Kier molecular flexibility index (Phi) is 4.23. The van der Waals surface area contributed by atoms with Gasteiger partial charge in [0.05, 0.1) is 0 Å². The number of hydrogen-bond acceptors (Lipinski definition) is 4. The van der Waals surface area contributed by atoms with E-state index < -0.39 is 11.8 Å². The van der Waals surface area contributed by atoms with Crippen LogP contribution in [0, 0.1) is 0 Å². The first-order valence-corrected chi connectivity index (χ1v) is 8.43. The Morgan fingerprint density at radius 2 is 1.54 bits per heavy atom. The normalized spacial score (nSPS) is 15.4. The maximum atomic E-state index is 12.2. The zero-order valence-electron chi connectivity index (χ0n) is 14.0. The minimum absolute atomic E-state index is 0.409. The van der Waals surface area contributed by atoms with Crippen molar-refractivity contribution in [3.63, 3.8) is 0 Å². The fraction of sp³-hybridized carbons (Fsp3) is 0.0909. The second kappa shape index (κ2) is 6.84. The summed E-state index contributed by atoms with van der Waals surface area (Å²) in [5, 5.41) is 0. The highest BCUT2D eigenvalue weighted by Gasteiger charge is 2.35. The molecule has 4 rings (SSSR count). The summed E-state index contributed by atoms with van der Waals surface area (Å²) in [6, 6.07) is 24.3. The Hall–Kier alpha value is -3.40. The van der Waals surface area contributed by atoms with Crippen LogP contribution in [0.1, 0.15) is 17.2 Å². The number of rotatable bonds is 5. The van der Waals surface area contributed by atoms with E-state index in [0.29, 0.717) is 12.8 Å². The molecule has 0 N–H and O–H groups in total. The fourth-order valence-corrected chi connectivity index (χ4v) is 3.33. The Morgan fingerprint density at radius 3 is 2.27 bits per heavy atom. The van der Waals surface area contributed by atoms with Crippen LogP contribution in [0.2, 0.25) is 0 Å². The van der Waals surface area contributed by atoms with Crippen molar-refractivity contribution in [1.29, 1.82) is 0 Å². The van der Waals surface area contributed by atoms with Crippen LogP contribution < -0.4 is 9.64 Å². The Balaban J connectivity index is 1.61. The van der Waals surface area contributed by atoms with Gasteiger partial charge in [-0.2, -0.15) is 0 Å². The lowest BCUT2D eigenvalue weighted by Crippen LogP contribution is -2.28. The number of ketones is 1. The van der Waals surface area contributed by atoms with Gasteiger partial charge in [-0.05, 0) is 47.5 Å². The standard InChI is InChI=1S/C22H17NO3/c24-15-21(25)22-20-9-5-4-6-16(20)14-23(22)17-10-12-19(13-11-17)26-18-7-2-1-3-8-18/h1-13,15,22H,14H2. The highest BCUT2D eigenvalue weighted by molar-refractivity contribution is 6.28. The van der Waals surface area contributed by atoms with Gasteiger partial charge in [-0.1, -0.05) is 42.5 Å². The first kappa shape index (κ1) is 16.1. The van der Waals surface area contributed by atoms with Gasteiger partial charge in [0.25, 0.3) is 0 Å². The highest BCUT2D eigenvalue weighted by atomic mass is 16.5. The van der Waals surface area contributed by atoms with Crippen LogP contribution in [0.25, 0.3) is 0 Å². The van der Waals surface area contributed by atoms with Gasteiger partial charge in [0.1, 0.15) is 17.5 Å². The van der Waals surface area contributed by atoms with E-state index >= 15 is 0 Å². The monoisotopic (exact) mass is 343 g/mol. The van der Waals surface area contributed by atoms with Crippen molar-refractivity contribution in [1.82, 2.24) is 0 Å². The molecule has 1 unspecified atom stereocenters. The number of carbonyl (C=O) groups excluding carboxylic acids is 2. The van der Waals surface area contributed by atoms with Gasteiger partial charge >= 0.3 is 0 Å². The number of nitrogens with zero attached hydrogens (tertiary/aromatic N) is 1. The molecular weight excluding hydrogens is 326 g/mol. The molecule has 0 bridgehead atoms. The van der Waals surface area contributed by atoms with Crippen molar-refractivity contribution in [3.05, 3.63) is 90.0 Å². The molecule has 0 saturated carbocycles. The van der Waals surface area contributed by atoms with E-state index in [1.54, 1.807) is 0 Å². The molecule has 1 heterocycles. The first-order valence-electron chi connectivity index (χ1n) is 8.43. The number of ether oxygens (including phenoxy) is 1. The number of aldehydes is 1. The molecule has 0 radical (unpaired) electrons. The van der Waals surface area contributed by atoms with Crippen LogP contribution in [0.5, 0.6) is 11.5 Å². The Bertz CT molecular complexity index is 935. The zero-order chi connectivity index (χ0) is 17.9. The number of Topliss-reactive ketones (excluding diaryl/α,β-unsaturated/α-hetero) is 1. The van der Waals surface area contributed by atoms with Gasteiger partial charge in [-0.15, -0.1) is 0 Å². The number of para-hydroxylation sites is 1. The molecule has 3 aromatic rings. The second-order valence-electron chi connectivity index (χ2n) is 6.16. The zero-order valence-corrected chi connectivity index (χ0v) is 14.0. The molecule has 4 heteroatoms. The minimum atomic E-state index is -0.565. The summed E-state index contributed by atoms with van der Waals surface area (Å²) < 4.78 is 5.81. The average molecular weight is 343 g/mol. The van der Waals surface area contributed by atoms with Crippen molar-refractivity contribution >= 4 is 17.8 Å². The van der Waals surface area contributed by atoms with Crippen LogP contribution in [-0.2, 0) is 16.1 Å². The molecule has 0 saturated heterocycles. The molecule has 1 aliphatic rings. The summed E-state index contributed by atoms with van der Waals surface area (Å²) in [6.45, 7) is 0.597. The third-order valence-corrected chi connectivity index (χ3v) is 4.53. The predicted molar refractivity (Wildman–Crippen MR) is 99.4 cm³/mol. The average Bonchev–Trinajstić information content (AvgIpc) is 3.08. The Morgan fingerprint density at radius 1 is 0.885 bits per heavy atom. The third kappa shape index (κ3) is 2.97. The molecule has 128 valence electrons. The van der Waals surface area contributed by atoms with Crippen LogP contribution in [0.4, 0.5) is 5.69 Å². The quantitative estimate of drug-likeness (QED) is 0.512. The van der Waals surface area contributed by atoms with Gasteiger partial charge in [0.15, 0.2) is 6.29 Å². The number of carbonyl (C=O) groups is 2. The van der Waals surface area contributed by atoms with Crippen LogP contribution >= 0.6 is 0 Å². The van der Waals surface area contributed by atoms with Crippen molar-refractivity contribution in [2.45, 2.75) is 12.6 Å². The fourth-order valence-electron chi connectivity index (χ4n) is 3.33. The maximum absolute atomic E-state index is 12.2. The highest BCUT2D eigenvalue weighted by Crippen LogP contribution is 2.38. The van der Waals surface area contributed by atoms with Crippen molar-refractivity contribution in [2.75, 3.05) is 4.90 Å². The van der Waals surface area contributed by atoms with Crippen molar-refractivity contribution in [2.24, 2.45) is 0 Å². The number of hydrogen-bond donors (Lipinski definition) is 0. The molecule has 1 atom stereocenters. The van der Waals surface area contributed by atoms with E-state index in [-0.39, 0.29) is 0 Å². The van der Waals surface area contributed by atoms with E-state index in [2.05, 4.69) is 0 Å². The van der Waals surface area contributed by atoms with E-state index in [9.17, 15) is 9.59 Å². The molecule has 0 aliphatic carbocycles. The number of benzene rings is 3. The van der Waals surface area contributed by atoms with Crippen LogP contribution in [-0.4, -0.2) is 12.1 Å². The predicted octanol–water partition coefficient (Wildman–Crippen LogP) is 4.31. The van der Waals surface area contributed by atoms with E-state index in [4.69, 9.17) is 4.74 Å². The lowest BCUT2D eigenvalue weighted by molar-refractivity contribution is -0.130. The SMILES string of the molecule is O=CC(=O)C1c2ccccc2CN1c1ccc(Oc2ccccc2)cc1. The van der Waals surface area contributed by atoms with Gasteiger partial charge < -0.3 is 9.64 Å². The van der Waals surface area contributed by atoms with E-state index in [1.807, 2.05) is 83.8 Å². The van der Waals surface area contributed by atoms with Gasteiger partial charge in [-0.25, -0.2) is 0 Å². The van der Waals surface area contributed by atoms with E-state index in [1.165, 1.54) is 0 Å².